The van der Waals surface area contributed by atoms with Crippen molar-refractivity contribution in [2.75, 3.05) is 34.4 Å². The first-order valence-electron chi connectivity index (χ1n) is 4.67. The molecule has 0 fully saturated rings. The molecular formula is C10H17N3O2. The molecule has 0 rings (SSSR count). The Hall–Kier alpha value is -1.54. The number of methoxy groups -OCH3 is 1. The molecule has 1 N–H and O–H groups in total. The number of nitriles is 1. The molecular weight excluding hydrogens is 194 g/mol. The van der Waals surface area contributed by atoms with Gasteiger partial charge in [-0.2, -0.15) is 5.26 Å². The number of hydrogen-bond donors (Lipinski definition) is 1. The summed E-state index contributed by atoms with van der Waals surface area (Å²) in [5, 5.41) is 11.4. The maximum absolute atomic E-state index is 11.4. The molecule has 15 heavy (non-hydrogen) atoms. The fraction of sp³-hybridized carbons (Fsp3) is 0.600. The minimum absolute atomic E-state index is 0.109. The van der Waals surface area contributed by atoms with Gasteiger partial charge in [-0.15, -0.1) is 0 Å². The van der Waals surface area contributed by atoms with Crippen molar-refractivity contribution in [3.63, 3.8) is 0 Å². The lowest BCUT2D eigenvalue weighted by molar-refractivity contribution is -0.117. The molecule has 0 aromatic carbocycles. The molecule has 1 amide bonds. The first kappa shape index (κ1) is 13.5. The third kappa shape index (κ3) is 6.52. The second-order valence-corrected chi connectivity index (χ2v) is 3.22. The second-order valence-electron chi connectivity index (χ2n) is 3.22. The number of amides is 1. The lowest BCUT2D eigenvalue weighted by Gasteiger charge is -2.07. The van der Waals surface area contributed by atoms with Crippen LogP contribution >= 0.6 is 0 Å². The second kappa shape index (κ2) is 7.83. The van der Waals surface area contributed by atoms with Crippen LogP contribution in [0.1, 0.15) is 6.42 Å². The van der Waals surface area contributed by atoms with Gasteiger partial charge in [0, 0.05) is 40.6 Å². The van der Waals surface area contributed by atoms with E-state index < -0.39 is 0 Å². The van der Waals surface area contributed by atoms with Crippen LogP contribution in [-0.2, 0) is 9.53 Å². The third-order valence-electron chi connectivity index (χ3n) is 1.56. The van der Waals surface area contributed by atoms with E-state index in [9.17, 15) is 4.79 Å². The van der Waals surface area contributed by atoms with Gasteiger partial charge in [-0.1, -0.05) is 0 Å². The van der Waals surface area contributed by atoms with Gasteiger partial charge in [0.15, 0.2) is 0 Å². The summed E-state index contributed by atoms with van der Waals surface area (Å²) in [7, 11) is 5.12. The van der Waals surface area contributed by atoms with E-state index in [-0.39, 0.29) is 11.5 Å². The average molecular weight is 211 g/mol. The largest absolute Gasteiger partial charge is 0.385 e. The molecule has 5 heteroatoms. The number of ether oxygens (including phenoxy) is 1. The van der Waals surface area contributed by atoms with E-state index in [0.29, 0.717) is 13.2 Å². The van der Waals surface area contributed by atoms with Crippen molar-refractivity contribution in [2.24, 2.45) is 0 Å². The van der Waals surface area contributed by atoms with E-state index in [1.807, 2.05) is 6.07 Å². The number of carbonyl (C=O) groups excluding carboxylic acids is 1. The quantitative estimate of drug-likeness (QED) is 0.385. The van der Waals surface area contributed by atoms with Crippen LogP contribution in [-0.4, -0.2) is 45.2 Å². The average Bonchev–Trinajstić information content (AvgIpc) is 2.20. The molecule has 84 valence electrons. The summed E-state index contributed by atoms with van der Waals surface area (Å²) in [4.78, 5) is 13.1. The fourth-order valence-corrected chi connectivity index (χ4v) is 0.910. The Balaban J connectivity index is 4.02. The maximum atomic E-state index is 11.4. The topological polar surface area (TPSA) is 65.4 Å². The Morgan fingerprint density at radius 2 is 2.27 bits per heavy atom. The summed E-state index contributed by atoms with van der Waals surface area (Å²) in [6.07, 6.45) is 2.23. The molecule has 0 saturated carbocycles. The van der Waals surface area contributed by atoms with E-state index in [0.717, 1.165) is 6.42 Å². The summed E-state index contributed by atoms with van der Waals surface area (Å²) < 4.78 is 4.84. The fourth-order valence-electron chi connectivity index (χ4n) is 0.910. The zero-order valence-electron chi connectivity index (χ0n) is 9.41. The monoisotopic (exact) mass is 211 g/mol. The first-order valence-corrected chi connectivity index (χ1v) is 4.67. The van der Waals surface area contributed by atoms with E-state index in [2.05, 4.69) is 5.32 Å². The molecule has 5 nitrogen and oxygen atoms in total. The number of carbonyl (C=O) groups is 1. The Labute approximate surface area is 90.3 Å². The van der Waals surface area contributed by atoms with Crippen LogP contribution in [0.3, 0.4) is 0 Å². The standard InChI is InChI=1S/C10H17N3O2/c1-13(2)8-9(7-11)10(14)12-5-4-6-15-3/h8H,4-6H2,1-3H3,(H,12,14)/b9-8+. The lowest BCUT2D eigenvalue weighted by atomic mass is 10.3. The molecule has 0 unspecified atom stereocenters. The Morgan fingerprint density at radius 1 is 1.60 bits per heavy atom. The van der Waals surface area contributed by atoms with Gasteiger partial charge in [-0.25, -0.2) is 0 Å². The molecule has 0 aliphatic rings. The zero-order chi connectivity index (χ0) is 11.7. The van der Waals surface area contributed by atoms with Gasteiger partial charge in [0.05, 0.1) is 0 Å². The van der Waals surface area contributed by atoms with Crippen LogP contribution in [0.25, 0.3) is 0 Å². The highest BCUT2D eigenvalue weighted by atomic mass is 16.5. The molecule has 0 aliphatic carbocycles. The molecule has 0 bridgehead atoms. The summed E-state index contributed by atoms with van der Waals surface area (Å²) in [5.41, 5.74) is 0.109. The highest BCUT2D eigenvalue weighted by Gasteiger charge is 2.07. The molecule has 0 spiro atoms. The van der Waals surface area contributed by atoms with Gasteiger partial charge >= 0.3 is 0 Å². The number of nitrogens with zero attached hydrogens (tertiary/aromatic N) is 2. The molecule has 0 aromatic heterocycles. The molecule has 0 aromatic rings. The van der Waals surface area contributed by atoms with Crippen molar-refractivity contribution in [1.82, 2.24) is 10.2 Å². The molecule has 0 aliphatic heterocycles. The highest BCUT2D eigenvalue weighted by Crippen LogP contribution is 1.94. The summed E-state index contributed by atoms with van der Waals surface area (Å²) in [5.74, 6) is -0.345. The van der Waals surface area contributed by atoms with Crippen LogP contribution < -0.4 is 5.32 Å². The predicted octanol–water partition coefficient (Wildman–Crippen LogP) is 0.108. The van der Waals surface area contributed by atoms with Crippen molar-refractivity contribution < 1.29 is 9.53 Å². The van der Waals surface area contributed by atoms with Gasteiger partial charge in [-0.05, 0) is 6.42 Å². The Morgan fingerprint density at radius 3 is 2.73 bits per heavy atom. The Kier molecular flexibility index (Phi) is 7.02. The molecule has 0 saturated heterocycles. The van der Waals surface area contributed by atoms with Crippen LogP contribution in [0.5, 0.6) is 0 Å². The number of rotatable bonds is 6. The van der Waals surface area contributed by atoms with E-state index in [1.165, 1.54) is 6.20 Å². The lowest BCUT2D eigenvalue weighted by Crippen LogP contribution is -2.27. The normalized spacial score (nSPS) is 10.7. The van der Waals surface area contributed by atoms with Crippen LogP contribution in [0.2, 0.25) is 0 Å². The van der Waals surface area contributed by atoms with Gasteiger partial charge in [0.1, 0.15) is 11.6 Å². The van der Waals surface area contributed by atoms with Crippen LogP contribution in [0, 0.1) is 11.3 Å². The summed E-state index contributed by atoms with van der Waals surface area (Å²) in [6, 6.07) is 1.85. The zero-order valence-corrected chi connectivity index (χ0v) is 9.41. The van der Waals surface area contributed by atoms with E-state index >= 15 is 0 Å². The van der Waals surface area contributed by atoms with E-state index in [4.69, 9.17) is 10.00 Å². The molecule has 0 radical (unpaired) electrons. The molecule has 0 atom stereocenters. The van der Waals surface area contributed by atoms with Crippen molar-refractivity contribution in [1.29, 1.82) is 5.26 Å². The first-order chi connectivity index (χ1) is 7.11. The van der Waals surface area contributed by atoms with Crippen molar-refractivity contribution in [2.45, 2.75) is 6.42 Å². The number of nitrogens with one attached hydrogen (secondary N) is 1. The van der Waals surface area contributed by atoms with Gasteiger partial charge in [0.2, 0.25) is 0 Å². The minimum atomic E-state index is -0.345. The number of hydrogen-bond acceptors (Lipinski definition) is 4. The Bertz CT molecular complexity index is 266. The van der Waals surface area contributed by atoms with Gasteiger partial charge in [0.25, 0.3) is 5.91 Å². The van der Waals surface area contributed by atoms with Crippen LogP contribution in [0.15, 0.2) is 11.8 Å². The SMILES string of the molecule is COCCCNC(=O)/C(C#N)=C/N(C)C. The third-order valence-corrected chi connectivity index (χ3v) is 1.56. The predicted molar refractivity (Wildman–Crippen MR) is 56.9 cm³/mol. The molecule has 0 heterocycles. The smallest absolute Gasteiger partial charge is 0.263 e. The van der Waals surface area contributed by atoms with Gasteiger partial charge in [-0.3, -0.25) is 4.79 Å². The highest BCUT2D eigenvalue weighted by molar-refractivity contribution is 5.97. The van der Waals surface area contributed by atoms with Crippen molar-refractivity contribution in [3.05, 3.63) is 11.8 Å². The maximum Gasteiger partial charge on any atom is 0.263 e. The van der Waals surface area contributed by atoms with Crippen molar-refractivity contribution in [3.8, 4) is 6.07 Å². The summed E-state index contributed by atoms with van der Waals surface area (Å²) >= 11 is 0. The summed E-state index contributed by atoms with van der Waals surface area (Å²) in [6.45, 7) is 1.11. The minimum Gasteiger partial charge on any atom is -0.385 e. The van der Waals surface area contributed by atoms with Crippen LogP contribution in [0.4, 0.5) is 0 Å². The van der Waals surface area contributed by atoms with E-state index in [1.54, 1.807) is 26.1 Å². The van der Waals surface area contributed by atoms with Crippen molar-refractivity contribution >= 4 is 5.91 Å². The van der Waals surface area contributed by atoms with Gasteiger partial charge < -0.3 is 15.0 Å².